The van der Waals surface area contributed by atoms with E-state index >= 15 is 0 Å². The summed E-state index contributed by atoms with van der Waals surface area (Å²) in [4.78, 5) is 16.9. The van der Waals surface area contributed by atoms with E-state index in [0.717, 1.165) is 12.8 Å². The van der Waals surface area contributed by atoms with Crippen LogP contribution in [-0.2, 0) is 11.2 Å². The van der Waals surface area contributed by atoms with Crippen molar-refractivity contribution in [2.45, 2.75) is 45.0 Å². The van der Waals surface area contributed by atoms with Crippen LogP contribution in [0.5, 0.6) is 5.75 Å². The number of ether oxygens (including phenoxy) is 1. The zero-order chi connectivity index (χ0) is 18.7. The summed E-state index contributed by atoms with van der Waals surface area (Å²) in [5.74, 6) is -0.264. The molecule has 0 saturated carbocycles. The van der Waals surface area contributed by atoms with Crippen molar-refractivity contribution in [2.75, 3.05) is 6.54 Å². The maximum atomic E-state index is 12.7. The standard InChI is InChI=1S/C19H20F3NO2S/c1-13-8-10-17(26-13)15-6-4-12-23(15)18(24)11-9-14-5-2-3-7-16(14)25-19(20,21)22/h2-3,5,7-8,10,15H,4,6,9,11-12H2,1H3. The van der Waals surface area contributed by atoms with Crippen molar-refractivity contribution in [3.8, 4) is 5.75 Å². The van der Waals surface area contributed by atoms with Crippen LogP contribution < -0.4 is 4.74 Å². The molecule has 1 aliphatic heterocycles. The molecular formula is C19H20F3NO2S. The molecule has 0 spiro atoms. The number of thiophene rings is 1. The first-order chi connectivity index (χ1) is 12.3. The predicted molar refractivity (Wildman–Crippen MR) is 94.2 cm³/mol. The van der Waals surface area contributed by atoms with Gasteiger partial charge in [-0.15, -0.1) is 24.5 Å². The second kappa shape index (κ2) is 7.70. The number of benzene rings is 1. The summed E-state index contributed by atoms with van der Waals surface area (Å²) >= 11 is 1.69. The predicted octanol–water partition coefficient (Wildman–Crippen LogP) is 5.25. The highest BCUT2D eigenvalue weighted by atomic mass is 32.1. The summed E-state index contributed by atoms with van der Waals surface area (Å²) in [6.07, 6.45) is -2.48. The smallest absolute Gasteiger partial charge is 0.406 e. The molecule has 1 fully saturated rings. The highest BCUT2D eigenvalue weighted by Crippen LogP contribution is 2.36. The van der Waals surface area contributed by atoms with Gasteiger partial charge in [0.2, 0.25) is 5.91 Å². The van der Waals surface area contributed by atoms with Crippen LogP contribution >= 0.6 is 11.3 Å². The van der Waals surface area contributed by atoms with E-state index < -0.39 is 6.36 Å². The maximum absolute atomic E-state index is 12.7. The number of para-hydroxylation sites is 1. The van der Waals surface area contributed by atoms with E-state index in [0.29, 0.717) is 12.1 Å². The van der Waals surface area contributed by atoms with Crippen molar-refractivity contribution < 1.29 is 22.7 Å². The lowest BCUT2D eigenvalue weighted by atomic mass is 10.1. The molecule has 0 aliphatic carbocycles. The van der Waals surface area contributed by atoms with Crippen molar-refractivity contribution in [1.82, 2.24) is 4.90 Å². The molecule has 0 N–H and O–H groups in total. The van der Waals surface area contributed by atoms with Crippen molar-refractivity contribution in [3.05, 3.63) is 51.7 Å². The van der Waals surface area contributed by atoms with E-state index in [1.165, 1.54) is 21.9 Å². The van der Waals surface area contributed by atoms with Gasteiger partial charge in [0.1, 0.15) is 5.75 Å². The topological polar surface area (TPSA) is 29.5 Å². The van der Waals surface area contributed by atoms with Crippen molar-refractivity contribution in [1.29, 1.82) is 0 Å². The lowest BCUT2D eigenvalue weighted by molar-refractivity contribution is -0.274. The first-order valence-corrected chi connectivity index (χ1v) is 9.34. The van der Waals surface area contributed by atoms with E-state index in [1.807, 2.05) is 17.9 Å². The number of aryl methyl sites for hydroxylation is 2. The van der Waals surface area contributed by atoms with Crippen LogP contribution in [0.2, 0.25) is 0 Å². The van der Waals surface area contributed by atoms with Gasteiger partial charge in [-0.2, -0.15) is 0 Å². The second-order valence-corrected chi connectivity index (χ2v) is 7.67. The summed E-state index contributed by atoms with van der Waals surface area (Å²) in [5, 5.41) is 0. The van der Waals surface area contributed by atoms with Gasteiger partial charge in [0, 0.05) is 22.7 Å². The molecule has 7 heteroatoms. The second-order valence-electron chi connectivity index (χ2n) is 6.35. The zero-order valence-electron chi connectivity index (χ0n) is 14.4. The zero-order valence-corrected chi connectivity index (χ0v) is 15.2. The van der Waals surface area contributed by atoms with Crippen LogP contribution in [0.25, 0.3) is 0 Å². The number of alkyl halides is 3. The number of hydrogen-bond donors (Lipinski definition) is 0. The third-order valence-corrected chi connectivity index (χ3v) is 5.57. The molecule has 3 nitrogen and oxygen atoms in total. The molecule has 1 amide bonds. The average molecular weight is 383 g/mol. The van der Waals surface area contributed by atoms with Gasteiger partial charge in [0.05, 0.1) is 6.04 Å². The number of hydrogen-bond acceptors (Lipinski definition) is 3. The fraction of sp³-hybridized carbons (Fsp3) is 0.421. The summed E-state index contributed by atoms with van der Waals surface area (Å²) in [6, 6.07) is 10.2. The number of nitrogens with zero attached hydrogens (tertiary/aromatic N) is 1. The molecule has 3 rings (SSSR count). The Hall–Kier alpha value is -2.02. The van der Waals surface area contributed by atoms with Gasteiger partial charge in [-0.25, -0.2) is 0 Å². The first kappa shape index (κ1) is 18.8. The van der Waals surface area contributed by atoms with Crippen molar-refractivity contribution in [2.24, 2.45) is 0 Å². The minimum Gasteiger partial charge on any atom is -0.406 e. The van der Waals surface area contributed by atoms with Crippen LogP contribution in [0.3, 0.4) is 0 Å². The van der Waals surface area contributed by atoms with Crippen LogP contribution in [0.4, 0.5) is 13.2 Å². The van der Waals surface area contributed by atoms with Crippen LogP contribution in [-0.4, -0.2) is 23.7 Å². The third kappa shape index (κ3) is 4.58. The van der Waals surface area contributed by atoms with Crippen molar-refractivity contribution in [3.63, 3.8) is 0 Å². The van der Waals surface area contributed by atoms with Crippen LogP contribution in [0, 0.1) is 6.92 Å². The monoisotopic (exact) mass is 383 g/mol. The van der Waals surface area contributed by atoms with E-state index in [1.54, 1.807) is 23.5 Å². The molecule has 1 saturated heterocycles. The highest BCUT2D eigenvalue weighted by Gasteiger charge is 2.33. The molecule has 1 aromatic heterocycles. The van der Waals surface area contributed by atoms with Gasteiger partial charge in [-0.1, -0.05) is 18.2 Å². The Balaban J connectivity index is 1.66. The number of likely N-dealkylation sites (tertiary alicyclic amines) is 1. The van der Waals surface area contributed by atoms with Crippen molar-refractivity contribution >= 4 is 17.2 Å². The molecule has 26 heavy (non-hydrogen) atoms. The normalized spacial score (nSPS) is 17.5. The fourth-order valence-corrected chi connectivity index (χ4v) is 4.34. The summed E-state index contributed by atoms with van der Waals surface area (Å²) in [5.41, 5.74) is 0.390. The third-order valence-electron chi connectivity index (χ3n) is 4.47. The van der Waals surface area contributed by atoms with Gasteiger partial charge in [0.15, 0.2) is 0 Å². The number of carbonyl (C=O) groups is 1. The molecule has 0 bridgehead atoms. The Morgan fingerprint density at radius 2 is 2.04 bits per heavy atom. The van der Waals surface area contributed by atoms with Gasteiger partial charge >= 0.3 is 6.36 Å². The van der Waals surface area contributed by atoms with Crippen LogP contribution in [0.1, 0.15) is 40.6 Å². The van der Waals surface area contributed by atoms with Gasteiger partial charge in [-0.3, -0.25) is 4.79 Å². The Bertz CT molecular complexity index is 772. The largest absolute Gasteiger partial charge is 0.573 e. The molecule has 2 aromatic rings. The molecule has 1 atom stereocenters. The first-order valence-electron chi connectivity index (χ1n) is 8.53. The Kier molecular flexibility index (Phi) is 5.55. The molecule has 1 aliphatic rings. The molecular weight excluding hydrogens is 363 g/mol. The minimum absolute atomic E-state index is 0.0274. The van der Waals surface area contributed by atoms with Gasteiger partial charge in [-0.05, 0) is 49.9 Å². The molecule has 1 unspecified atom stereocenters. The van der Waals surface area contributed by atoms with Crippen LogP contribution in [0.15, 0.2) is 36.4 Å². The average Bonchev–Trinajstić information content (AvgIpc) is 3.21. The Labute approximate surface area is 154 Å². The van der Waals surface area contributed by atoms with E-state index in [-0.39, 0.29) is 30.5 Å². The van der Waals surface area contributed by atoms with E-state index in [9.17, 15) is 18.0 Å². The number of halogens is 3. The quantitative estimate of drug-likeness (QED) is 0.706. The molecule has 1 aromatic carbocycles. The van der Waals surface area contributed by atoms with E-state index in [2.05, 4.69) is 10.8 Å². The Morgan fingerprint density at radius 3 is 2.73 bits per heavy atom. The summed E-state index contributed by atoms with van der Waals surface area (Å²) in [6.45, 7) is 2.73. The van der Waals surface area contributed by atoms with Gasteiger partial charge < -0.3 is 9.64 Å². The molecule has 0 radical (unpaired) electrons. The lowest BCUT2D eigenvalue weighted by Gasteiger charge is -2.24. The summed E-state index contributed by atoms with van der Waals surface area (Å²) in [7, 11) is 0. The number of rotatable bonds is 5. The minimum atomic E-state index is -4.74. The SMILES string of the molecule is Cc1ccc(C2CCCN2C(=O)CCc2ccccc2OC(F)(F)F)s1. The molecule has 140 valence electrons. The highest BCUT2D eigenvalue weighted by molar-refractivity contribution is 7.12. The maximum Gasteiger partial charge on any atom is 0.573 e. The number of carbonyl (C=O) groups excluding carboxylic acids is 1. The fourth-order valence-electron chi connectivity index (χ4n) is 3.31. The Morgan fingerprint density at radius 1 is 1.27 bits per heavy atom. The van der Waals surface area contributed by atoms with Gasteiger partial charge in [0.25, 0.3) is 0 Å². The number of amides is 1. The lowest BCUT2D eigenvalue weighted by Crippen LogP contribution is -2.30. The molecule has 2 heterocycles. The summed E-state index contributed by atoms with van der Waals surface area (Å²) < 4.78 is 41.6. The van der Waals surface area contributed by atoms with E-state index in [4.69, 9.17) is 0 Å².